The normalized spacial score (nSPS) is 12.0. The molecule has 29 heavy (non-hydrogen) atoms. The van der Waals surface area contributed by atoms with Crippen LogP contribution in [0.1, 0.15) is 21.5 Å². The van der Waals surface area contributed by atoms with E-state index in [-0.39, 0.29) is 23.8 Å². The van der Waals surface area contributed by atoms with Crippen LogP contribution in [0.2, 0.25) is 0 Å². The van der Waals surface area contributed by atoms with Gasteiger partial charge in [-0.05, 0) is 34.9 Å². The molecular formula is C22H17N3O4. The third-order valence-electron chi connectivity index (χ3n) is 4.55. The van der Waals surface area contributed by atoms with E-state index in [9.17, 15) is 14.4 Å². The Balaban J connectivity index is 1.88. The van der Waals surface area contributed by atoms with Gasteiger partial charge >= 0.3 is 5.97 Å². The van der Waals surface area contributed by atoms with E-state index >= 15 is 0 Å². The lowest BCUT2D eigenvalue weighted by molar-refractivity contribution is -0.137. The van der Waals surface area contributed by atoms with Gasteiger partial charge in [0.25, 0.3) is 11.8 Å². The van der Waals surface area contributed by atoms with Crippen LogP contribution < -0.4 is 5.32 Å². The van der Waals surface area contributed by atoms with Crippen molar-refractivity contribution in [2.75, 3.05) is 7.11 Å². The van der Waals surface area contributed by atoms with Crippen molar-refractivity contribution in [3.8, 4) is 17.2 Å². The highest BCUT2D eigenvalue weighted by molar-refractivity contribution is 6.07. The fourth-order valence-electron chi connectivity index (χ4n) is 3.08. The van der Waals surface area contributed by atoms with E-state index in [1.807, 2.05) is 12.1 Å². The van der Waals surface area contributed by atoms with E-state index in [2.05, 4.69) is 29.3 Å². The molecule has 0 bridgehead atoms. The molecule has 144 valence electrons. The molecule has 1 N–H and O–H groups in total. The average Bonchev–Trinajstić information content (AvgIpc) is 3.09. The number of fused-ring (bicyclic) bond motifs is 1. The van der Waals surface area contributed by atoms with E-state index in [1.165, 1.54) is 4.90 Å². The van der Waals surface area contributed by atoms with Crippen molar-refractivity contribution in [2.24, 2.45) is 0 Å². The quantitative estimate of drug-likeness (QED) is 0.628. The van der Waals surface area contributed by atoms with Crippen molar-refractivity contribution in [3.05, 3.63) is 83.7 Å². The van der Waals surface area contributed by atoms with Crippen LogP contribution in [-0.2, 0) is 20.9 Å². The standard InChI is InChI=1S/C22H17N3O4/c1-13(22(28)29-3)24-20(26)14(2)25-12-19-17(8-5-9-18(19)21(25)27)16-7-4-6-15(10-16)11-23/h4-10H,1-2,12H2,3H3,(H,24,26). The number of carbonyl (C=O) groups excluding carboxylic acids is 3. The number of amides is 2. The third-order valence-corrected chi connectivity index (χ3v) is 4.55. The zero-order valence-electron chi connectivity index (χ0n) is 15.7. The van der Waals surface area contributed by atoms with Crippen LogP contribution in [0, 0.1) is 11.3 Å². The molecule has 0 radical (unpaired) electrons. The lowest BCUT2D eigenvalue weighted by Crippen LogP contribution is -2.36. The molecule has 7 heteroatoms. The van der Waals surface area contributed by atoms with E-state index in [1.54, 1.807) is 30.3 Å². The number of hydrogen-bond donors (Lipinski definition) is 1. The number of nitrogens with one attached hydrogen (secondary N) is 1. The topological polar surface area (TPSA) is 99.5 Å². The number of ether oxygens (including phenoxy) is 1. The maximum Gasteiger partial charge on any atom is 0.353 e. The summed E-state index contributed by atoms with van der Waals surface area (Å²) in [6.45, 7) is 7.26. The Morgan fingerprint density at radius 3 is 2.55 bits per heavy atom. The van der Waals surface area contributed by atoms with Crippen LogP contribution in [-0.4, -0.2) is 29.8 Å². The first-order valence-electron chi connectivity index (χ1n) is 8.59. The van der Waals surface area contributed by atoms with E-state index in [4.69, 9.17) is 5.26 Å². The van der Waals surface area contributed by atoms with Crippen LogP contribution in [0.4, 0.5) is 0 Å². The summed E-state index contributed by atoms with van der Waals surface area (Å²) in [5.41, 5.74) is 2.91. The maximum absolute atomic E-state index is 12.8. The number of carbonyl (C=O) groups is 3. The number of nitriles is 1. The van der Waals surface area contributed by atoms with E-state index in [0.29, 0.717) is 11.1 Å². The molecule has 2 aromatic rings. The second kappa shape index (κ2) is 7.82. The molecular weight excluding hydrogens is 370 g/mol. The first-order valence-corrected chi connectivity index (χ1v) is 8.59. The van der Waals surface area contributed by atoms with Gasteiger partial charge in [0, 0.05) is 5.56 Å². The number of hydrogen-bond acceptors (Lipinski definition) is 5. The minimum atomic E-state index is -0.790. The van der Waals surface area contributed by atoms with Gasteiger partial charge in [-0.25, -0.2) is 4.79 Å². The molecule has 2 amide bonds. The number of benzene rings is 2. The second-order valence-electron chi connectivity index (χ2n) is 6.29. The first kappa shape index (κ1) is 19.6. The number of rotatable bonds is 5. The molecule has 0 unspecified atom stereocenters. The lowest BCUT2D eigenvalue weighted by Gasteiger charge is -2.18. The van der Waals surface area contributed by atoms with Crippen molar-refractivity contribution in [3.63, 3.8) is 0 Å². The van der Waals surface area contributed by atoms with Gasteiger partial charge in [0.1, 0.15) is 11.4 Å². The summed E-state index contributed by atoms with van der Waals surface area (Å²) < 4.78 is 4.49. The zero-order valence-corrected chi connectivity index (χ0v) is 15.7. The third kappa shape index (κ3) is 3.64. The maximum atomic E-state index is 12.8. The second-order valence-corrected chi connectivity index (χ2v) is 6.29. The fraction of sp³-hybridized carbons (Fsp3) is 0.0909. The van der Waals surface area contributed by atoms with Gasteiger partial charge in [0.2, 0.25) is 0 Å². The van der Waals surface area contributed by atoms with Crippen molar-refractivity contribution in [2.45, 2.75) is 6.54 Å². The molecule has 0 fully saturated rings. The van der Waals surface area contributed by atoms with Crippen LogP contribution >= 0.6 is 0 Å². The highest BCUT2D eigenvalue weighted by Gasteiger charge is 2.33. The summed E-state index contributed by atoms with van der Waals surface area (Å²) in [5.74, 6) is -1.89. The predicted octanol–water partition coefficient (Wildman–Crippen LogP) is 2.50. The molecule has 0 spiro atoms. The average molecular weight is 387 g/mol. The van der Waals surface area contributed by atoms with Crippen LogP contribution in [0.3, 0.4) is 0 Å². The molecule has 0 saturated carbocycles. The van der Waals surface area contributed by atoms with Crippen molar-refractivity contribution >= 4 is 17.8 Å². The molecule has 0 aliphatic carbocycles. The van der Waals surface area contributed by atoms with Gasteiger partial charge in [-0.15, -0.1) is 0 Å². The Bertz CT molecular complexity index is 1110. The molecule has 0 aromatic heterocycles. The van der Waals surface area contributed by atoms with Crippen molar-refractivity contribution in [1.29, 1.82) is 5.26 Å². The first-order chi connectivity index (χ1) is 13.9. The Morgan fingerprint density at radius 1 is 1.17 bits per heavy atom. The SMILES string of the molecule is C=C(NC(=O)C(=C)N1Cc2c(cccc2-c2cccc(C#N)c2)C1=O)C(=O)OC. The highest BCUT2D eigenvalue weighted by atomic mass is 16.5. The molecule has 3 rings (SSSR count). The minimum absolute atomic E-state index is 0.118. The molecule has 0 atom stereocenters. The summed E-state index contributed by atoms with van der Waals surface area (Å²) in [4.78, 5) is 37.9. The Morgan fingerprint density at radius 2 is 1.86 bits per heavy atom. The predicted molar refractivity (Wildman–Crippen MR) is 105 cm³/mol. The van der Waals surface area contributed by atoms with Gasteiger partial charge in [0.15, 0.2) is 0 Å². The molecule has 1 aliphatic rings. The Hall–Kier alpha value is -4.18. The molecule has 2 aromatic carbocycles. The van der Waals surface area contributed by atoms with Gasteiger partial charge in [0.05, 0.1) is 25.3 Å². The van der Waals surface area contributed by atoms with Crippen LogP contribution in [0.25, 0.3) is 11.1 Å². The summed E-state index contributed by atoms with van der Waals surface area (Å²) in [5, 5.41) is 11.4. The smallest absolute Gasteiger partial charge is 0.353 e. The summed E-state index contributed by atoms with van der Waals surface area (Å²) in [7, 11) is 1.16. The molecule has 0 saturated heterocycles. The van der Waals surface area contributed by atoms with Crippen molar-refractivity contribution < 1.29 is 19.1 Å². The highest BCUT2D eigenvalue weighted by Crippen LogP contribution is 2.34. The van der Waals surface area contributed by atoms with E-state index < -0.39 is 11.9 Å². The monoisotopic (exact) mass is 387 g/mol. The van der Waals surface area contributed by atoms with Gasteiger partial charge in [-0.1, -0.05) is 37.4 Å². The van der Waals surface area contributed by atoms with Crippen LogP contribution in [0.5, 0.6) is 0 Å². The Kier molecular flexibility index (Phi) is 5.28. The summed E-state index contributed by atoms with van der Waals surface area (Å²) in [6.07, 6.45) is 0. The number of nitrogens with zero attached hydrogens (tertiary/aromatic N) is 2. The summed E-state index contributed by atoms with van der Waals surface area (Å²) >= 11 is 0. The van der Waals surface area contributed by atoms with Crippen LogP contribution in [0.15, 0.2) is 67.0 Å². The minimum Gasteiger partial charge on any atom is -0.464 e. The van der Waals surface area contributed by atoms with Gasteiger partial charge in [-0.3, -0.25) is 14.5 Å². The fourth-order valence-corrected chi connectivity index (χ4v) is 3.08. The van der Waals surface area contributed by atoms with Gasteiger partial charge < -0.3 is 10.1 Å². The zero-order chi connectivity index (χ0) is 21.1. The molecule has 1 aliphatic heterocycles. The molecule has 7 nitrogen and oxygen atoms in total. The van der Waals surface area contributed by atoms with Crippen molar-refractivity contribution in [1.82, 2.24) is 10.2 Å². The Labute approximate surface area is 167 Å². The van der Waals surface area contributed by atoms with Gasteiger partial charge in [-0.2, -0.15) is 5.26 Å². The number of methoxy groups -OCH3 is 1. The van der Waals surface area contributed by atoms with E-state index in [0.717, 1.165) is 23.8 Å². The number of esters is 1. The summed E-state index contributed by atoms with van der Waals surface area (Å²) in [6, 6.07) is 14.4. The largest absolute Gasteiger partial charge is 0.464 e. The lowest BCUT2D eigenvalue weighted by atomic mass is 9.96. The molecule has 1 heterocycles.